The number of carbonyl (C=O) groups is 1. The van der Waals surface area contributed by atoms with Crippen molar-refractivity contribution in [1.82, 2.24) is 15.3 Å². The molecule has 1 amide bonds. The van der Waals surface area contributed by atoms with Crippen LogP contribution >= 0.6 is 0 Å². The van der Waals surface area contributed by atoms with E-state index in [9.17, 15) is 4.79 Å². The first-order valence-electron chi connectivity index (χ1n) is 8.70. The van der Waals surface area contributed by atoms with E-state index < -0.39 is 0 Å². The van der Waals surface area contributed by atoms with Crippen LogP contribution in [0.3, 0.4) is 0 Å². The van der Waals surface area contributed by atoms with Crippen LogP contribution in [0.25, 0.3) is 0 Å². The molecule has 124 valence electrons. The van der Waals surface area contributed by atoms with Gasteiger partial charge in [-0.1, -0.05) is 24.3 Å². The maximum atomic E-state index is 12.7. The van der Waals surface area contributed by atoms with Crippen LogP contribution in [0.2, 0.25) is 0 Å². The summed E-state index contributed by atoms with van der Waals surface area (Å²) in [5.41, 5.74) is 2.54. The Kier molecular flexibility index (Phi) is 4.15. The molecule has 1 atom stereocenters. The summed E-state index contributed by atoms with van der Waals surface area (Å²) in [7, 11) is 0. The van der Waals surface area contributed by atoms with E-state index in [4.69, 9.17) is 0 Å². The smallest absolute Gasteiger partial charge is 0.227 e. The Labute approximate surface area is 142 Å². The molecule has 0 radical (unpaired) electrons. The van der Waals surface area contributed by atoms with Gasteiger partial charge in [0.2, 0.25) is 5.91 Å². The fourth-order valence-electron chi connectivity index (χ4n) is 3.84. The molecule has 1 aromatic heterocycles. The lowest BCUT2D eigenvalue weighted by Gasteiger charge is -2.33. The van der Waals surface area contributed by atoms with Gasteiger partial charge in [-0.2, -0.15) is 0 Å². The molecule has 0 saturated carbocycles. The maximum Gasteiger partial charge on any atom is 0.227 e. The third-order valence-electron chi connectivity index (χ3n) is 5.16. The summed E-state index contributed by atoms with van der Waals surface area (Å²) in [4.78, 5) is 23.4. The molecule has 2 aromatic rings. The summed E-state index contributed by atoms with van der Waals surface area (Å²) in [6.07, 6.45) is 9.07. The van der Waals surface area contributed by atoms with Crippen molar-refractivity contribution in [3.63, 3.8) is 0 Å². The van der Waals surface area contributed by atoms with Gasteiger partial charge in [-0.05, 0) is 36.8 Å². The number of amides is 1. The van der Waals surface area contributed by atoms with Crippen molar-refractivity contribution < 1.29 is 4.79 Å². The van der Waals surface area contributed by atoms with Crippen LogP contribution < -0.4 is 10.2 Å². The van der Waals surface area contributed by atoms with Crippen LogP contribution in [-0.2, 0) is 11.2 Å². The lowest BCUT2D eigenvalue weighted by molar-refractivity contribution is -0.123. The lowest BCUT2D eigenvalue weighted by Crippen LogP contribution is -2.46. The Balaban J connectivity index is 1.34. The van der Waals surface area contributed by atoms with Crippen molar-refractivity contribution >= 4 is 11.7 Å². The molecule has 5 nitrogen and oxygen atoms in total. The number of carbonyl (C=O) groups excluding carboxylic acids is 1. The van der Waals surface area contributed by atoms with Gasteiger partial charge in [-0.25, -0.2) is 4.98 Å². The molecule has 24 heavy (non-hydrogen) atoms. The second-order valence-electron chi connectivity index (χ2n) is 6.62. The average Bonchev–Trinajstić information content (AvgIpc) is 3.07. The fourth-order valence-corrected chi connectivity index (χ4v) is 3.84. The SMILES string of the molecule is O=C(NC1CCN(c2cnccn2)CC1)[C@H]1CCc2ccccc21. The van der Waals surface area contributed by atoms with Gasteiger partial charge in [0, 0.05) is 31.5 Å². The first kappa shape index (κ1) is 15.1. The second-order valence-corrected chi connectivity index (χ2v) is 6.62. The highest BCUT2D eigenvalue weighted by Crippen LogP contribution is 2.33. The highest BCUT2D eigenvalue weighted by atomic mass is 16.1. The number of anilines is 1. The lowest BCUT2D eigenvalue weighted by atomic mass is 9.98. The summed E-state index contributed by atoms with van der Waals surface area (Å²) in [5.74, 6) is 1.14. The number of aryl methyl sites for hydroxylation is 1. The largest absolute Gasteiger partial charge is 0.355 e. The molecule has 0 bridgehead atoms. The van der Waals surface area contributed by atoms with E-state index in [1.165, 1.54) is 11.1 Å². The molecule has 2 aliphatic rings. The standard InChI is InChI=1S/C19H22N4O/c24-19(17-6-5-14-3-1-2-4-16(14)17)22-15-7-11-23(12-8-15)18-13-20-9-10-21-18/h1-4,9-10,13,15,17H,5-8,11-12H2,(H,22,24)/t17-/m0/s1. The quantitative estimate of drug-likeness (QED) is 0.942. The Morgan fingerprint density at radius 1 is 1.12 bits per heavy atom. The van der Waals surface area contributed by atoms with E-state index in [2.05, 4.69) is 38.4 Å². The van der Waals surface area contributed by atoms with E-state index in [1.54, 1.807) is 18.6 Å². The van der Waals surface area contributed by atoms with Crippen LogP contribution in [0.1, 0.15) is 36.3 Å². The summed E-state index contributed by atoms with van der Waals surface area (Å²) in [5, 5.41) is 3.27. The van der Waals surface area contributed by atoms with Crippen molar-refractivity contribution in [2.45, 2.75) is 37.6 Å². The van der Waals surface area contributed by atoms with E-state index >= 15 is 0 Å². The topological polar surface area (TPSA) is 58.1 Å². The van der Waals surface area contributed by atoms with E-state index in [0.717, 1.165) is 44.6 Å². The molecule has 2 heterocycles. The number of piperidine rings is 1. The van der Waals surface area contributed by atoms with Crippen LogP contribution in [-0.4, -0.2) is 35.0 Å². The molecule has 1 saturated heterocycles. The molecule has 1 fully saturated rings. The van der Waals surface area contributed by atoms with Crippen LogP contribution in [0, 0.1) is 0 Å². The summed E-state index contributed by atoms with van der Waals surface area (Å²) in [6.45, 7) is 1.82. The Bertz CT molecular complexity index is 710. The third-order valence-corrected chi connectivity index (χ3v) is 5.16. The van der Waals surface area contributed by atoms with Crippen molar-refractivity contribution in [3.8, 4) is 0 Å². The van der Waals surface area contributed by atoms with Crippen molar-refractivity contribution in [1.29, 1.82) is 0 Å². The molecular formula is C19H22N4O. The molecule has 5 heteroatoms. The Morgan fingerprint density at radius 3 is 2.75 bits per heavy atom. The van der Waals surface area contributed by atoms with Gasteiger partial charge in [0.05, 0.1) is 12.1 Å². The highest BCUT2D eigenvalue weighted by molar-refractivity contribution is 5.85. The van der Waals surface area contributed by atoms with E-state index in [0.29, 0.717) is 0 Å². The summed E-state index contributed by atoms with van der Waals surface area (Å²) >= 11 is 0. The van der Waals surface area contributed by atoms with E-state index in [1.807, 2.05) is 6.07 Å². The van der Waals surface area contributed by atoms with Crippen LogP contribution in [0.4, 0.5) is 5.82 Å². The zero-order valence-electron chi connectivity index (χ0n) is 13.7. The molecule has 1 aromatic carbocycles. The first-order valence-corrected chi connectivity index (χ1v) is 8.70. The number of aromatic nitrogens is 2. The molecule has 0 spiro atoms. The van der Waals surface area contributed by atoms with Crippen molar-refractivity contribution in [3.05, 3.63) is 54.0 Å². The second kappa shape index (κ2) is 6.59. The minimum absolute atomic E-state index is 0.0271. The van der Waals surface area contributed by atoms with Crippen molar-refractivity contribution in [2.24, 2.45) is 0 Å². The van der Waals surface area contributed by atoms with Gasteiger partial charge in [0.25, 0.3) is 0 Å². The number of hydrogen-bond donors (Lipinski definition) is 1. The fraction of sp³-hybridized carbons (Fsp3) is 0.421. The number of nitrogens with zero attached hydrogens (tertiary/aromatic N) is 3. The number of fused-ring (bicyclic) bond motifs is 1. The summed E-state index contributed by atoms with van der Waals surface area (Å²) < 4.78 is 0. The van der Waals surface area contributed by atoms with Gasteiger partial charge in [-0.3, -0.25) is 9.78 Å². The van der Waals surface area contributed by atoms with Gasteiger partial charge in [0.1, 0.15) is 5.82 Å². The average molecular weight is 322 g/mol. The number of hydrogen-bond acceptors (Lipinski definition) is 4. The molecule has 1 aliphatic carbocycles. The van der Waals surface area contributed by atoms with Crippen molar-refractivity contribution in [2.75, 3.05) is 18.0 Å². The molecule has 0 unspecified atom stereocenters. The zero-order valence-corrected chi connectivity index (χ0v) is 13.7. The Morgan fingerprint density at radius 2 is 1.96 bits per heavy atom. The van der Waals surface area contributed by atoms with Gasteiger partial charge in [0.15, 0.2) is 0 Å². The first-order chi connectivity index (χ1) is 11.8. The molecule has 1 aliphatic heterocycles. The predicted molar refractivity (Wildman–Crippen MR) is 92.9 cm³/mol. The predicted octanol–water partition coefficient (Wildman–Crippen LogP) is 2.29. The van der Waals surface area contributed by atoms with Crippen LogP contribution in [0.15, 0.2) is 42.9 Å². The molecular weight excluding hydrogens is 300 g/mol. The molecule has 1 N–H and O–H groups in total. The third kappa shape index (κ3) is 2.98. The number of benzene rings is 1. The monoisotopic (exact) mass is 322 g/mol. The Hall–Kier alpha value is -2.43. The normalized spacial score (nSPS) is 20.7. The van der Waals surface area contributed by atoms with Crippen LogP contribution in [0.5, 0.6) is 0 Å². The van der Waals surface area contributed by atoms with Gasteiger partial charge < -0.3 is 10.2 Å². The zero-order chi connectivity index (χ0) is 16.4. The van der Waals surface area contributed by atoms with E-state index in [-0.39, 0.29) is 17.9 Å². The molecule has 4 rings (SSSR count). The number of nitrogens with one attached hydrogen (secondary N) is 1. The maximum absolute atomic E-state index is 12.7. The highest BCUT2D eigenvalue weighted by Gasteiger charge is 2.30. The number of rotatable bonds is 3. The summed E-state index contributed by atoms with van der Waals surface area (Å²) in [6, 6.07) is 8.59. The minimum Gasteiger partial charge on any atom is -0.355 e. The van der Waals surface area contributed by atoms with Gasteiger partial charge >= 0.3 is 0 Å². The van der Waals surface area contributed by atoms with Gasteiger partial charge in [-0.15, -0.1) is 0 Å². The minimum atomic E-state index is 0.0271.